The lowest BCUT2D eigenvalue weighted by molar-refractivity contribution is -0.137. The van der Waals surface area contributed by atoms with Crippen LogP contribution in [0.2, 0.25) is 0 Å². The first-order valence-corrected chi connectivity index (χ1v) is 10.9. The highest BCUT2D eigenvalue weighted by atomic mass is 16.2. The maximum Gasteiger partial charge on any atom is 0.242 e. The zero-order chi connectivity index (χ0) is 22.3. The lowest BCUT2D eigenvalue weighted by atomic mass is 9.94. The molecule has 0 spiro atoms. The van der Waals surface area contributed by atoms with Crippen molar-refractivity contribution in [3.05, 3.63) is 35.9 Å². The van der Waals surface area contributed by atoms with Gasteiger partial charge in [-0.15, -0.1) is 0 Å². The number of piperidine rings is 1. The first kappa shape index (κ1) is 23.9. The summed E-state index contributed by atoms with van der Waals surface area (Å²) in [6, 6.07) is 8.45. The first-order chi connectivity index (χ1) is 14.2. The number of carbonyl (C=O) groups excluding carboxylic acids is 3. The molecule has 1 aliphatic heterocycles. The van der Waals surface area contributed by atoms with E-state index in [1.165, 1.54) is 0 Å². The summed E-state index contributed by atoms with van der Waals surface area (Å²) in [5, 5.41) is 5.75. The maximum atomic E-state index is 12.6. The Bertz CT molecular complexity index is 714. The van der Waals surface area contributed by atoms with E-state index in [4.69, 9.17) is 5.73 Å². The van der Waals surface area contributed by atoms with Gasteiger partial charge in [-0.25, -0.2) is 0 Å². The summed E-state index contributed by atoms with van der Waals surface area (Å²) < 4.78 is 0. The van der Waals surface area contributed by atoms with Gasteiger partial charge in [0.15, 0.2) is 0 Å². The van der Waals surface area contributed by atoms with Gasteiger partial charge in [0.2, 0.25) is 17.7 Å². The van der Waals surface area contributed by atoms with E-state index in [0.29, 0.717) is 38.3 Å². The van der Waals surface area contributed by atoms with Crippen LogP contribution < -0.4 is 16.4 Å². The van der Waals surface area contributed by atoms with E-state index >= 15 is 0 Å². The topological polar surface area (TPSA) is 105 Å². The molecule has 1 aromatic rings. The maximum absolute atomic E-state index is 12.6. The van der Waals surface area contributed by atoms with Gasteiger partial charge in [0.05, 0.1) is 12.1 Å². The summed E-state index contributed by atoms with van der Waals surface area (Å²) in [5.74, 6) is -0.220. The van der Waals surface area contributed by atoms with Gasteiger partial charge >= 0.3 is 0 Å². The van der Waals surface area contributed by atoms with Crippen LogP contribution in [0.25, 0.3) is 0 Å². The molecule has 30 heavy (non-hydrogen) atoms. The molecule has 4 N–H and O–H groups in total. The molecule has 1 unspecified atom stereocenters. The molecule has 1 fully saturated rings. The van der Waals surface area contributed by atoms with E-state index in [2.05, 4.69) is 10.6 Å². The number of carbonyl (C=O) groups is 3. The summed E-state index contributed by atoms with van der Waals surface area (Å²) in [7, 11) is 0. The monoisotopic (exact) mass is 416 g/mol. The van der Waals surface area contributed by atoms with Crippen molar-refractivity contribution < 1.29 is 14.4 Å². The van der Waals surface area contributed by atoms with Crippen molar-refractivity contribution in [1.82, 2.24) is 15.5 Å². The molecule has 0 radical (unpaired) electrons. The van der Waals surface area contributed by atoms with Gasteiger partial charge in [-0.1, -0.05) is 44.2 Å². The Morgan fingerprint density at radius 3 is 2.20 bits per heavy atom. The summed E-state index contributed by atoms with van der Waals surface area (Å²) in [6.45, 7) is 8.74. The second kappa shape index (κ2) is 11.1. The summed E-state index contributed by atoms with van der Waals surface area (Å²) in [4.78, 5) is 39.3. The van der Waals surface area contributed by atoms with Gasteiger partial charge in [-0.2, -0.15) is 0 Å². The minimum atomic E-state index is -0.622. The zero-order valence-corrected chi connectivity index (χ0v) is 18.6. The molecule has 1 aliphatic rings. The van der Waals surface area contributed by atoms with Crippen molar-refractivity contribution in [3.63, 3.8) is 0 Å². The fourth-order valence-electron chi connectivity index (χ4n) is 3.77. The smallest absolute Gasteiger partial charge is 0.242 e. The summed E-state index contributed by atoms with van der Waals surface area (Å²) in [5.41, 5.74) is 7.02. The highest BCUT2D eigenvalue weighted by Crippen LogP contribution is 2.19. The molecule has 166 valence electrons. The molecule has 7 heteroatoms. The molecule has 3 atom stereocenters. The Labute approximate surface area is 179 Å². The molecule has 7 nitrogen and oxygen atoms in total. The molecule has 3 amide bonds. The lowest BCUT2D eigenvalue weighted by Crippen LogP contribution is -2.51. The highest BCUT2D eigenvalue weighted by Gasteiger charge is 2.31. The average molecular weight is 417 g/mol. The first-order valence-electron chi connectivity index (χ1n) is 10.9. The number of hydrogen-bond acceptors (Lipinski definition) is 4. The summed E-state index contributed by atoms with van der Waals surface area (Å²) >= 11 is 0. The Balaban J connectivity index is 1.78. The van der Waals surface area contributed by atoms with Crippen LogP contribution >= 0.6 is 0 Å². The highest BCUT2D eigenvalue weighted by molar-refractivity contribution is 5.88. The number of hydrogen-bond donors (Lipinski definition) is 3. The quantitative estimate of drug-likeness (QED) is 0.603. The fraction of sp³-hybridized carbons (Fsp3) is 0.609. The van der Waals surface area contributed by atoms with Crippen molar-refractivity contribution >= 4 is 17.7 Å². The largest absolute Gasteiger partial charge is 0.348 e. The molecule has 2 rings (SSSR count). The molecular formula is C23H36N4O3. The predicted molar refractivity (Wildman–Crippen MR) is 117 cm³/mol. The average Bonchev–Trinajstić information content (AvgIpc) is 2.73. The molecule has 1 heterocycles. The van der Waals surface area contributed by atoms with Gasteiger partial charge in [0.25, 0.3) is 0 Å². The van der Waals surface area contributed by atoms with E-state index in [1.807, 2.05) is 51.1 Å². The normalized spacial score (nSPS) is 17.9. The van der Waals surface area contributed by atoms with Crippen molar-refractivity contribution in [1.29, 1.82) is 0 Å². The van der Waals surface area contributed by atoms with Crippen LogP contribution in [-0.4, -0.2) is 47.8 Å². The number of amides is 3. The summed E-state index contributed by atoms with van der Waals surface area (Å²) in [6.07, 6.45) is 1.83. The number of nitrogens with one attached hydrogen (secondary N) is 2. The minimum Gasteiger partial charge on any atom is -0.348 e. The van der Waals surface area contributed by atoms with Crippen molar-refractivity contribution in [3.8, 4) is 0 Å². The van der Waals surface area contributed by atoms with Crippen LogP contribution in [0.3, 0.4) is 0 Å². The Kier molecular flexibility index (Phi) is 8.84. The van der Waals surface area contributed by atoms with E-state index in [9.17, 15) is 14.4 Å². The van der Waals surface area contributed by atoms with Crippen LogP contribution in [-0.2, 0) is 14.4 Å². The standard InChI is InChI=1S/C23H36N4O3/c1-15(2)14-20(24)23(30)27-12-10-19(11-13-27)22(29)26-17(4)21(28)25-16(3)18-8-6-5-7-9-18/h5-9,15-17,19-20H,10-14,24H2,1-4H3,(H,25,28)(H,26,29)/t16?,17-,20-/m0/s1. The van der Waals surface area contributed by atoms with E-state index in [-0.39, 0.29) is 29.7 Å². The van der Waals surface area contributed by atoms with Crippen LogP contribution in [0.1, 0.15) is 58.6 Å². The van der Waals surface area contributed by atoms with Gasteiger partial charge in [-0.05, 0) is 44.6 Å². The van der Waals surface area contributed by atoms with Gasteiger partial charge in [-0.3, -0.25) is 14.4 Å². The van der Waals surface area contributed by atoms with Gasteiger partial charge in [0, 0.05) is 19.0 Å². The van der Waals surface area contributed by atoms with Crippen LogP contribution in [0, 0.1) is 11.8 Å². The Morgan fingerprint density at radius 1 is 1.03 bits per heavy atom. The third kappa shape index (κ3) is 6.83. The third-order valence-corrected chi connectivity index (χ3v) is 5.63. The molecule has 0 saturated carbocycles. The second-order valence-electron chi connectivity index (χ2n) is 8.71. The number of nitrogens with two attached hydrogens (primary N) is 1. The molecule has 0 aliphatic carbocycles. The zero-order valence-electron chi connectivity index (χ0n) is 18.6. The molecule has 0 aromatic heterocycles. The van der Waals surface area contributed by atoms with Gasteiger partial charge in [0.1, 0.15) is 6.04 Å². The van der Waals surface area contributed by atoms with E-state index in [0.717, 1.165) is 5.56 Å². The third-order valence-electron chi connectivity index (χ3n) is 5.63. The van der Waals surface area contributed by atoms with E-state index in [1.54, 1.807) is 11.8 Å². The van der Waals surface area contributed by atoms with Crippen molar-refractivity contribution in [2.45, 2.75) is 65.1 Å². The molecular weight excluding hydrogens is 380 g/mol. The van der Waals surface area contributed by atoms with Crippen LogP contribution in [0.4, 0.5) is 0 Å². The molecule has 0 bridgehead atoms. The number of rotatable bonds is 8. The van der Waals surface area contributed by atoms with Gasteiger partial charge < -0.3 is 21.3 Å². The Hall–Kier alpha value is -2.41. The number of nitrogens with zero attached hydrogens (tertiary/aromatic N) is 1. The minimum absolute atomic E-state index is 0.0368. The molecule has 1 saturated heterocycles. The van der Waals surface area contributed by atoms with Crippen LogP contribution in [0.15, 0.2) is 30.3 Å². The molecule has 1 aromatic carbocycles. The SMILES string of the molecule is CC(C)C[C@H](N)C(=O)N1CCC(C(=O)N[C@@H](C)C(=O)NC(C)c2ccccc2)CC1. The van der Waals surface area contributed by atoms with Crippen LogP contribution in [0.5, 0.6) is 0 Å². The number of likely N-dealkylation sites (tertiary alicyclic amines) is 1. The lowest BCUT2D eigenvalue weighted by Gasteiger charge is -2.33. The Morgan fingerprint density at radius 2 is 1.63 bits per heavy atom. The number of benzene rings is 1. The van der Waals surface area contributed by atoms with Crippen molar-refractivity contribution in [2.24, 2.45) is 17.6 Å². The fourth-order valence-corrected chi connectivity index (χ4v) is 3.77. The van der Waals surface area contributed by atoms with E-state index < -0.39 is 12.1 Å². The second-order valence-corrected chi connectivity index (χ2v) is 8.71. The van der Waals surface area contributed by atoms with Crippen molar-refractivity contribution in [2.75, 3.05) is 13.1 Å². The predicted octanol–water partition coefficient (Wildman–Crippen LogP) is 1.98.